The van der Waals surface area contributed by atoms with Crippen molar-refractivity contribution < 1.29 is 29.1 Å². The standard InChI is InChI=1S/C23H22N2O7/c1-31-21(27)23(22(28)32-2)18(26)12-17(15-6-4-3-5-7-15)20(25(29)30)19(23)16-10-8-14(13-24)9-11-16/h3-11,17-20,26H,12H2,1-2H3/t17-,18-,19+,20-/m1/s1. The summed E-state index contributed by atoms with van der Waals surface area (Å²) in [6.07, 6.45) is -1.85. The highest BCUT2D eigenvalue weighted by Gasteiger charge is 2.69. The maximum atomic E-state index is 13.1. The molecule has 2 aromatic rings. The number of methoxy groups -OCH3 is 2. The van der Waals surface area contributed by atoms with Gasteiger partial charge in [-0.25, -0.2) is 0 Å². The first kappa shape index (κ1) is 22.9. The highest BCUT2D eigenvalue weighted by atomic mass is 16.6. The molecule has 4 atom stereocenters. The van der Waals surface area contributed by atoms with Crippen molar-refractivity contribution in [2.45, 2.75) is 30.4 Å². The van der Waals surface area contributed by atoms with Crippen LogP contribution in [0.5, 0.6) is 0 Å². The number of carbonyl (C=O) groups is 2. The molecule has 3 rings (SSSR count). The lowest BCUT2D eigenvalue weighted by Crippen LogP contribution is -2.62. The number of nitro groups is 1. The van der Waals surface area contributed by atoms with Crippen LogP contribution in [0.15, 0.2) is 54.6 Å². The van der Waals surface area contributed by atoms with Gasteiger partial charge in [0.1, 0.15) is 0 Å². The lowest BCUT2D eigenvalue weighted by Gasteiger charge is -2.46. The fourth-order valence-electron chi connectivity index (χ4n) is 4.75. The quantitative estimate of drug-likeness (QED) is 0.324. The molecule has 32 heavy (non-hydrogen) atoms. The van der Waals surface area contributed by atoms with Crippen molar-refractivity contribution in [3.8, 4) is 6.07 Å². The second-order valence-corrected chi connectivity index (χ2v) is 7.61. The Morgan fingerprint density at radius 3 is 2.09 bits per heavy atom. The molecule has 0 aliphatic heterocycles. The number of nitrogens with zero attached hydrogens (tertiary/aromatic N) is 2. The fraction of sp³-hybridized carbons (Fsp3) is 0.348. The monoisotopic (exact) mass is 438 g/mol. The average Bonchev–Trinajstić information content (AvgIpc) is 2.82. The Morgan fingerprint density at radius 2 is 1.62 bits per heavy atom. The summed E-state index contributed by atoms with van der Waals surface area (Å²) in [4.78, 5) is 38.0. The molecular weight excluding hydrogens is 416 g/mol. The molecule has 0 radical (unpaired) electrons. The van der Waals surface area contributed by atoms with Gasteiger partial charge in [0.25, 0.3) is 0 Å². The Kier molecular flexibility index (Phi) is 6.55. The SMILES string of the molecule is COC(=O)C1(C(=O)OC)[C@H](O)C[C@H](c2ccccc2)[C@@H]([N+](=O)[O-])[C@@H]1c1ccc(C#N)cc1. The number of carbonyl (C=O) groups excluding carboxylic acids is 2. The van der Waals surface area contributed by atoms with E-state index >= 15 is 0 Å². The minimum absolute atomic E-state index is 0.230. The van der Waals surface area contributed by atoms with E-state index in [1.165, 1.54) is 24.3 Å². The van der Waals surface area contributed by atoms with Crippen LogP contribution in [0.2, 0.25) is 0 Å². The highest BCUT2D eigenvalue weighted by Crippen LogP contribution is 2.54. The summed E-state index contributed by atoms with van der Waals surface area (Å²) in [7, 11) is 2.08. The normalized spacial score (nSPS) is 24.1. The highest BCUT2D eigenvalue weighted by molar-refractivity contribution is 6.02. The van der Waals surface area contributed by atoms with E-state index in [2.05, 4.69) is 0 Å². The van der Waals surface area contributed by atoms with Crippen molar-refractivity contribution in [1.82, 2.24) is 0 Å². The molecule has 2 aromatic carbocycles. The van der Waals surface area contributed by atoms with Crippen LogP contribution >= 0.6 is 0 Å². The molecule has 0 unspecified atom stereocenters. The average molecular weight is 438 g/mol. The number of benzene rings is 2. The molecule has 1 aliphatic carbocycles. The smallest absolute Gasteiger partial charge is 0.326 e. The second kappa shape index (κ2) is 9.16. The number of ether oxygens (including phenoxy) is 2. The lowest BCUT2D eigenvalue weighted by molar-refractivity contribution is -0.538. The van der Waals surface area contributed by atoms with Gasteiger partial charge in [-0.2, -0.15) is 5.26 Å². The van der Waals surface area contributed by atoms with Crippen molar-refractivity contribution in [1.29, 1.82) is 5.26 Å². The first-order valence-corrected chi connectivity index (χ1v) is 9.86. The van der Waals surface area contributed by atoms with Crippen LogP contribution in [0.1, 0.15) is 34.9 Å². The first-order chi connectivity index (χ1) is 15.3. The Hall–Kier alpha value is -3.77. The van der Waals surface area contributed by atoms with Gasteiger partial charge in [0.05, 0.1) is 43.8 Å². The number of nitriles is 1. The van der Waals surface area contributed by atoms with Crippen LogP contribution < -0.4 is 0 Å². The third-order valence-electron chi connectivity index (χ3n) is 6.16. The van der Waals surface area contributed by atoms with Gasteiger partial charge in [-0.3, -0.25) is 19.7 Å². The van der Waals surface area contributed by atoms with Crippen LogP contribution in [0.25, 0.3) is 0 Å². The zero-order valence-electron chi connectivity index (χ0n) is 17.5. The van der Waals surface area contributed by atoms with Crippen molar-refractivity contribution in [3.63, 3.8) is 0 Å². The molecule has 166 valence electrons. The summed E-state index contributed by atoms with van der Waals surface area (Å²) in [6, 6.07) is 14.9. The van der Waals surface area contributed by atoms with Gasteiger partial charge < -0.3 is 14.6 Å². The molecule has 1 fully saturated rings. The molecule has 0 heterocycles. The summed E-state index contributed by atoms with van der Waals surface area (Å²) in [5.74, 6) is -4.46. The second-order valence-electron chi connectivity index (χ2n) is 7.61. The van der Waals surface area contributed by atoms with Crippen LogP contribution in [-0.2, 0) is 19.1 Å². The molecule has 0 saturated heterocycles. The Bertz CT molecular complexity index is 1030. The van der Waals surface area contributed by atoms with Crippen LogP contribution in [0.3, 0.4) is 0 Å². The van der Waals surface area contributed by atoms with Gasteiger partial charge in [-0.1, -0.05) is 42.5 Å². The Labute approximate surface area is 184 Å². The van der Waals surface area contributed by atoms with Crippen molar-refractivity contribution in [2.75, 3.05) is 14.2 Å². The molecule has 0 bridgehead atoms. The summed E-state index contributed by atoms with van der Waals surface area (Å²) in [6.45, 7) is 0. The van der Waals surface area contributed by atoms with E-state index in [1.54, 1.807) is 30.3 Å². The fourth-order valence-corrected chi connectivity index (χ4v) is 4.75. The van der Waals surface area contributed by atoms with Gasteiger partial charge in [0, 0.05) is 4.92 Å². The molecular formula is C23H22N2O7. The van der Waals surface area contributed by atoms with Gasteiger partial charge in [-0.05, 0) is 29.7 Å². The molecule has 1 N–H and O–H groups in total. The molecule has 0 spiro atoms. The lowest BCUT2D eigenvalue weighted by atomic mass is 9.56. The van der Waals surface area contributed by atoms with E-state index in [-0.39, 0.29) is 12.0 Å². The third kappa shape index (κ3) is 3.59. The predicted molar refractivity (Wildman–Crippen MR) is 111 cm³/mol. The molecule has 1 aliphatic rings. The largest absolute Gasteiger partial charge is 0.468 e. The van der Waals surface area contributed by atoms with Gasteiger partial charge in [-0.15, -0.1) is 0 Å². The van der Waals surface area contributed by atoms with Crippen LogP contribution in [-0.4, -0.2) is 48.3 Å². The zero-order valence-corrected chi connectivity index (χ0v) is 17.5. The van der Waals surface area contributed by atoms with Crippen molar-refractivity contribution in [3.05, 3.63) is 81.4 Å². The molecule has 9 nitrogen and oxygen atoms in total. The van der Waals surface area contributed by atoms with E-state index < -0.39 is 46.3 Å². The van der Waals surface area contributed by atoms with Crippen molar-refractivity contribution >= 4 is 11.9 Å². The molecule has 0 amide bonds. The topological polar surface area (TPSA) is 140 Å². The number of hydrogen-bond acceptors (Lipinski definition) is 8. The maximum absolute atomic E-state index is 13.1. The van der Waals surface area contributed by atoms with Gasteiger partial charge >= 0.3 is 11.9 Å². The number of hydrogen-bond donors (Lipinski definition) is 1. The van der Waals surface area contributed by atoms with E-state index in [0.29, 0.717) is 11.1 Å². The summed E-state index contributed by atoms with van der Waals surface area (Å²) >= 11 is 0. The summed E-state index contributed by atoms with van der Waals surface area (Å²) in [5, 5.41) is 32.8. The number of rotatable bonds is 5. The summed E-state index contributed by atoms with van der Waals surface area (Å²) < 4.78 is 9.75. The molecule has 1 saturated carbocycles. The number of esters is 2. The molecule has 9 heteroatoms. The maximum Gasteiger partial charge on any atom is 0.326 e. The van der Waals surface area contributed by atoms with Crippen molar-refractivity contribution in [2.24, 2.45) is 5.41 Å². The van der Waals surface area contributed by atoms with E-state index in [1.807, 2.05) is 6.07 Å². The van der Waals surface area contributed by atoms with Gasteiger partial charge in [0.2, 0.25) is 11.5 Å². The minimum atomic E-state index is -2.36. The van der Waals surface area contributed by atoms with E-state index in [9.17, 15) is 24.8 Å². The zero-order chi connectivity index (χ0) is 23.5. The molecule has 0 aromatic heterocycles. The first-order valence-electron chi connectivity index (χ1n) is 9.86. The number of aliphatic hydroxyl groups is 1. The Morgan fingerprint density at radius 1 is 1.06 bits per heavy atom. The van der Waals surface area contributed by atoms with Gasteiger partial charge in [0.15, 0.2) is 0 Å². The van der Waals surface area contributed by atoms with Crippen LogP contribution in [0, 0.1) is 26.9 Å². The van der Waals surface area contributed by atoms with E-state index in [0.717, 1.165) is 14.2 Å². The predicted octanol–water partition coefficient (Wildman–Crippen LogP) is 2.17. The summed E-state index contributed by atoms with van der Waals surface area (Å²) in [5.41, 5.74) is -1.23. The van der Waals surface area contributed by atoms with E-state index in [4.69, 9.17) is 14.7 Å². The number of aliphatic hydroxyl groups excluding tert-OH is 1. The third-order valence-corrected chi connectivity index (χ3v) is 6.16. The minimum Gasteiger partial charge on any atom is -0.468 e. The Balaban J connectivity index is 2.33. The van der Waals surface area contributed by atoms with Crippen LogP contribution in [0.4, 0.5) is 0 Å².